The van der Waals surface area contributed by atoms with Gasteiger partial charge in [-0.05, 0) is 59.3 Å². The van der Waals surface area contributed by atoms with Gasteiger partial charge in [0, 0.05) is 12.5 Å². The van der Waals surface area contributed by atoms with E-state index >= 15 is 0 Å². The lowest BCUT2D eigenvalue weighted by molar-refractivity contribution is -0.173. The number of fused-ring (bicyclic) bond motifs is 1. The third kappa shape index (κ3) is 5.24. The number of esters is 2. The van der Waals surface area contributed by atoms with Crippen LogP contribution in [0.25, 0.3) is 10.8 Å². The van der Waals surface area contributed by atoms with Gasteiger partial charge in [0.25, 0.3) is 0 Å². The van der Waals surface area contributed by atoms with Crippen molar-refractivity contribution in [2.45, 2.75) is 39.9 Å². The van der Waals surface area contributed by atoms with Crippen LogP contribution in [0.2, 0.25) is 0 Å². The van der Waals surface area contributed by atoms with E-state index in [2.05, 4.69) is 24.3 Å². The van der Waals surface area contributed by atoms with Crippen LogP contribution in [0.5, 0.6) is 5.75 Å². The predicted molar refractivity (Wildman–Crippen MR) is 154 cm³/mol. The average molecular weight is 548 g/mol. The van der Waals surface area contributed by atoms with Gasteiger partial charge in [0.15, 0.2) is 20.8 Å². The highest BCUT2D eigenvalue weighted by Gasteiger charge is 2.47. The Morgan fingerprint density at radius 2 is 1.32 bits per heavy atom. The molecule has 0 bridgehead atoms. The van der Waals surface area contributed by atoms with Gasteiger partial charge in [-0.2, -0.15) is 0 Å². The number of cyclic esters (lactones) is 1. The van der Waals surface area contributed by atoms with Crippen molar-refractivity contribution in [3.05, 3.63) is 133 Å². The van der Waals surface area contributed by atoms with Gasteiger partial charge < -0.3 is 14.2 Å². The van der Waals surface area contributed by atoms with Gasteiger partial charge in [0.2, 0.25) is 5.79 Å². The Hall–Kier alpha value is -4.39. The zero-order chi connectivity index (χ0) is 27.5. The molecule has 40 heavy (non-hydrogen) atoms. The van der Waals surface area contributed by atoms with Gasteiger partial charge in [0.1, 0.15) is 5.75 Å². The van der Waals surface area contributed by atoms with Crippen LogP contribution in [-0.4, -0.2) is 18.0 Å². The molecule has 2 unspecified atom stereocenters. The van der Waals surface area contributed by atoms with Gasteiger partial charge in [0.05, 0.1) is 17.3 Å². The number of hydrogen-bond acceptors (Lipinski definition) is 5. The lowest BCUT2D eigenvalue weighted by atomic mass is 9.99. The fraction of sp³-hybridized carbons (Fsp3) is 0.118. The molecule has 6 rings (SSSR count). The molecule has 1 aliphatic rings. The van der Waals surface area contributed by atoms with Gasteiger partial charge in [-0.15, -0.1) is 0 Å². The molecule has 0 N–H and O–H groups in total. The van der Waals surface area contributed by atoms with Crippen LogP contribution in [0.15, 0.2) is 142 Å². The van der Waals surface area contributed by atoms with Crippen LogP contribution in [0.4, 0.5) is 0 Å². The van der Waals surface area contributed by atoms with E-state index in [1.807, 2.05) is 91.0 Å². The number of hydrogen-bond donors (Lipinski definition) is 0. The molecule has 5 aromatic carbocycles. The topological polar surface area (TPSA) is 61.8 Å². The Morgan fingerprint density at radius 1 is 0.750 bits per heavy atom. The Balaban J connectivity index is 1.15. The highest BCUT2D eigenvalue weighted by Crippen LogP contribution is 2.39. The second kappa shape index (κ2) is 11.0. The summed E-state index contributed by atoms with van der Waals surface area (Å²) < 4.78 is 17.3. The van der Waals surface area contributed by atoms with Crippen molar-refractivity contribution in [2.24, 2.45) is 0 Å². The molecule has 6 heteroatoms. The summed E-state index contributed by atoms with van der Waals surface area (Å²) in [4.78, 5) is 29.0. The minimum Gasteiger partial charge on any atom is -0.427 e. The first-order chi connectivity index (χ1) is 19.5. The smallest absolute Gasteiger partial charge is 0.338 e. The van der Waals surface area contributed by atoms with E-state index in [4.69, 9.17) is 14.2 Å². The van der Waals surface area contributed by atoms with Crippen LogP contribution >= 0.6 is 0 Å². The van der Waals surface area contributed by atoms with E-state index in [9.17, 15) is 9.59 Å². The second-order valence-corrected chi connectivity index (χ2v) is 11.6. The van der Waals surface area contributed by atoms with Crippen molar-refractivity contribution in [1.29, 1.82) is 0 Å². The monoisotopic (exact) mass is 547 g/mol. The standard InChI is InChI=1S/C34H27O5S/c1-34(30-18-10-12-24-11-8-9-17-29(24)30)38-31(33(36)39-34)23-32(35)37-25-19-21-28(22-20-25)40(26-13-4-2-5-14-26)27-15-6-3-7-16-27/h2-22,31H,23H2,1H3/q+1. The fourth-order valence-electron chi connectivity index (χ4n) is 4.96. The molecule has 0 saturated carbocycles. The molecule has 2 atom stereocenters. The van der Waals surface area contributed by atoms with Crippen LogP contribution in [0.3, 0.4) is 0 Å². The van der Waals surface area contributed by atoms with Crippen molar-refractivity contribution in [3.8, 4) is 5.75 Å². The van der Waals surface area contributed by atoms with Crippen molar-refractivity contribution >= 4 is 33.6 Å². The minimum atomic E-state index is -1.30. The van der Waals surface area contributed by atoms with Crippen molar-refractivity contribution in [2.75, 3.05) is 0 Å². The van der Waals surface area contributed by atoms with E-state index < -0.39 is 23.8 Å². The van der Waals surface area contributed by atoms with Crippen molar-refractivity contribution in [3.63, 3.8) is 0 Å². The van der Waals surface area contributed by atoms with Crippen LogP contribution in [0.1, 0.15) is 18.9 Å². The normalized spacial score (nSPS) is 18.6. The SMILES string of the molecule is CC1(c2cccc3ccccc23)OC(=O)C(CC(=O)Oc2ccc([S+](c3ccccc3)c3ccccc3)cc2)O1. The zero-order valence-electron chi connectivity index (χ0n) is 21.9. The molecular formula is C34H27O5S+. The summed E-state index contributed by atoms with van der Waals surface area (Å²) in [6.07, 6.45) is -1.31. The van der Waals surface area contributed by atoms with Gasteiger partial charge in [-0.25, -0.2) is 4.79 Å². The summed E-state index contributed by atoms with van der Waals surface area (Å²) in [5.41, 5.74) is 0.734. The molecule has 0 radical (unpaired) electrons. The van der Waals surface area contributed by atoms with Gasteiger partial charge >= 0.3 is 11.9 Å². The van der Waals surface area contributed by atoms with E-state index in [0.717, 1.165) is 21.2 Å². The number of benzene rings is 5. The summed E-state index contributed by atoms with van der Waals surface area (Å²) in [5.74, 6) is -2.05. The Bertz CT molecular complexity index is 1610. The second-order valence-electron chi connectivity index (χ2n) is 9.58. The first-order valence-electron chi connectivity index (χ1n) is 13.0. The van der Waals surface area contributed by atoms with Crippen molar-refractivity contribution < 1.29 is 23.8 Å². The maximum absolute atomic E-state index is 12.8. The molecular weight excluding hydrogens is 520 g/mol. The summed E-state index contributed by atoms with van der Waals surface area (Å²) >= 11 is 0. The van der Waals surface area contributed by atoms with Crippen molar-refractivity contribution in [1.82, 2.24) is 0 Å². The molecule has 0 spiro atoms. The van der Waals surface area contributed by atoms with Crippen LogP contribution < -0.4 is 4.74 Å². The first-order valence-corrected chi connectivity index (χ1v) is 14.3. The largest absolute Gasteiger partial charge is 0.427 e. The van der Waals surface area contributed by atoms with Gasteiger partial charge in [-0.1, -0.05) is 78.9 Å². The van der Waals surface area contributed by atoms with Crippen LogP contribution in [-0.2, 0) is 35.7 Å². The first kappa shape index (κ1) is 25.9. The molecule has 1 saturated heterocycles. The molecule has 0 aromatic heterocycles. The van der Waals surface area contributed by atoms with Crippen LogP contribution in [0, 0.1) is 0 Å². The number of rotatable bonds is 7. The van der Waals surface area contributed by atoms with E-state index in [1.165, 1.54) is 9.79 Å². The summed E-state index contributed by atoms with van der Waals surface area (Å²) in [6.45, 7) is 1.70. The molecule has 0 aliphatic carbocycles. The molecule has 5 aromatic rings. The third-order valence-corrected chi connectivity index (χ3v) is 9.04. The minimum absolute atomic E-state index is 0.251. The lowest BCUT2D eigenvalue weighted by Gasteiger charge is -2.24. The number of ether oxygens (including phenoxy) is 3. The fourth-order valence-corrected chi connectivity index (χ4v) is 7.04. The Morgan fingerprint density at radius 3 is 2.00 bits per heavy atom. The highest BCUT2D eigenvalue weighted by atomic mass is 32.2. The van der Waals surface area contributed by atoms with E-state index in [1.54, 1.807) is 19.1 Å². The zero-order valence-corrected chi connectivity index (χ0v) is 22.7. The molecule has 0 amide bonds. The number of carbonyl (C=O) groups is 2. The number of carbonyl (C=O) groups excluding carboxylic acids is 2. The summed E-state index contributed by atoms with van der Waals surface area (Å²) in [7, 11) is -0.303. The quantitative estimate of drug-likeness (QED) is 0.124. The molecule has 198 valence electrons. The Kier molecular flexibility index (Phi) is 7.11. The molecule has 1 aliphatic heterocycles. The third-order valence-electron chi connectivity index (χ3n) is 6.81. The average Bonchev–Trinajstić information content (AvgIpc) is 3.28. The van der Waals surface area contributed by atoms with Gasteiger partial charge in [-0.3, -0.25) is 4.79 Å². The molecule has 1 heterocycles. The predicted octanol–water partition coefficient (Wildman–Crippen LogP) is 7.05. The summed E-state index contributed by atoms with van der Waals surface area (Å²) in [6, 6.07) is 41.7. The maximum Gasteiger partial charge on any atom is 0.338 e. The van der Waals surface area contributed by atoms with E-state index in [-0.39, 0.29) is 17.3 Å². The molecule has 1 fully saturated rings. The highest BCUT2D eigenvalue weighted by molar-refractivity contribution is 7.97. The Labute approximate surface area is 235 Å². The van der Waals surface area contributed by atoms with E-state index in [0.29, 0.717) is 5.75 Å². The summed E-state index contributed by atoms with van der Waals surface area (Å²) in [5, 5.41) is 1.93. The maximum atomic E-state index is 12.8. The lowest BCUT2D eigenvalue weighted by Crippen LogP contribution is -2.26. The molecule has 5 nitrogen and oxygen atoms in total.